The summed E-state index contributed by atoms with van der Waals surface area (Å²) in [5.74, 6) is 1.18. The predicted molar refractivity (Wildman–Crippen MR) is 72.5 cm³/mol. The van der Waals surface area contributed by atoms with Gasteiger partial charge < -0.3 is 14.6 Å². The molecule has 4 aliphatic rings. The molecular formula is C16H22O5. The van der Waals surface area contributed by atoms with Gasteiger partial charge in [0.15, 0.2) is 0 Å². The smallest absolute Gasteiger partial charge is 0.329 e. The van der Waals surface area contributed by atoms with Gasteiger partial charge in [-0.15, -0.1) is 0 Å². The first kappa shape index (κ1) is 13.6. The van der Waals surface area contributed by atoms with Crippen LogP contribution in [0.15, 0.2) is 0 Å². The number of rotatable bonds is 6. The number of carbonyl (C=O) groups excluding carboxylic acids is 1. The zero-order valence-corrected chi connectivity index (χ0v) is 12.2. The Labute approximate surface area is 124 Å². The molecule has 5 atom stereocenters. The third-order valence-corrected chi connectivity index (χ3v) is 6.46. The summed E-state index contributed by atoms with van der Waals surface area (Å²) in [7, 11) is 0. The van der Waals surface area contributed by atoms with E-state index in [4.69, 9.17) is 14.6 Å². The first-order valence-electron chi connectivity index (χ1n) is 8.04. The van der Waals surface area contributed by atoms with Crippen LogP contribution in [0.2, 0.25) is 0 Å². The zero-order chi connectivity index (χ0) is 14.7. The lowest BCUT2D eigenvalue weighted by Crippen LogP contribution is -2.60. The summed E-state index contributed by atoms with van der Waals surface area (Å²) >= 11 is 0. The van der Waals surface area contributed by atoms with E-state index in [1.807, 2.05) is 0 Å². The molecule has 4 fully saturated rings. The second-order valence-electron chi connectivity index (χ2n) is 7.54. The first-order chi connectivity index (χ1) is 10.0. The maximum Gasteiger partial charge on any atom is 0.329 e. The Morgan fingerprint density at radius 2 is 1.90 bits per heavy atom. The normalized spacial score (nSPS) is 45.2. The van der Waals surface area contributed by atoms with Crippen LogP contribution in [0.4, 0.5) is 0 Å². The van der Waals surface area contributed by atoms with Crippen LogP contribution in [0.25, 0.3) is 0 Å². The topological polar surface area (TPSA) is 72.8 Å². The lowest BCUT2D eigenvalue weighted by molar-refractivity contribution is -0.216. The van der Waals surface area contributed by atoms with Gasteiger partial charge in [-0.25, -0.2) is 4.79 Å². The minimum absolute atomic E-state index is 0.129. The summed E-state index contributed by atoms with van der Waals surface area (Å²) in [6.45, 7) is -0.224. The Morgan fingerprint density at radius 3 is 2.71 bits per heavy atom. The molecule has 4 rings (SSSR count). The third kappa shape index (κ3) is 1.86. The number of fused-ring (bicyclic) bond motifs is 2. The van der Waals surface area contributed by atoms with E-state index >= 15 is 0 Å². The summed E-state index contributed by atoms with van der Waals surface area (Å²) in [5, 5.41) is 8.49. The van der Waals surface area contributed by atoms with Gasteiger partial charge in [-0.2, -0.15) is 0 Å². The third-order valence-electron chi connectivity index (χ3n) is 6.46. The van der Waals surface area contributed by atoms with Crippen molar-refractivity contribution in [3.05, 3.63) is 0 Å². The molecule has 0 amide bonds. The lowest BCUT2D eigenvalue weighted by Gasteiger charge is -2.57. The number of hydrogen-bond donors (Lipinski definition) is 1. The molecule has 1 N–H and O–H groups in total. The number of ether oxygens (including phenoxy) is 2. The molecule has 0 saturated heterocycles. The fraction of sp³-hybridized carbons (Fsp3) is 0.875. The average Bonchev–Trinajstić information content (AvgIpc) is 2.71. The van der Waals surface area contributed by atoms with Crippen LogP contribution in [0, 0.1) is 23.2 Å². The maximum atomic E-state index is 12.1. The molecule has 0 aliphatic heterocycles. The van der Waals surface area contributed by atoms with E-state index in [9.17, 15) is 9.59 Å². The predicted octanol–water partition coefficient (Wildman–Crippen LogP) is 1.99. The molecule has 0 heterocycles. The molecule has 0 radical (unpaired) electrons. The van der Waals surface area contributed by atoms with Gasteiger partial charge in [0.05, 0.1) is 13.0 Å². The van der Waals surface area contributed by atoms with Gasteiger partial charge in [-0.3, -0.25) is 4.79 Å². The number of esters is 1. The van der Waals surface area contributed by atoms with E-state index in [2.05, 4.69) is 0 Å². The van der Waals surface area contributed by atoms with Crippen molar-refractivity contribution in [2.24, 2.45) is 23.2 Å². The van der Waals surface area contributed by atoms with E-state index in [0.29, 0.717) is 5.41 Å². The highest BCUT2D eigenvalue weighted by Gasteiger charge is 2.76. The summed E-state index contributed by atoms with van der Waals surface area (Å²) in [6, 6.07) is 0. The molecule has 0 aromatic heterocycles. The van der Waals surface area contributed by atoms with Gasteiger partial charge in [-0.05, 0) is 56.3 Å². The van der Waals surface area contributed by atoms with Crippen molar-refractivity contribution in [3.63, 3.8) is 0 Å². The van der Waals surface area contributed by atoms with Crippen LogP contribution in [-0.2, 0) is 19.1 Å². The monoisotopic (exact) mass is 294 g/mol. The maximum absolute atomic E-state index is 12.1. The van der Waals surface area contributed by atoms with Crippen molar-refractivity contribution in [3.8, 4) is 0 Å². The Hall–Kier alpha value is -1.10. The molecule has 5 heteroatoms. The van der Waals surface area contributed by atoms with Gasteiger partial charge in [0.25, 0.3) is 0 Å². The van der Waals surface area contributed by atoms with Crippen LogP contribution in [0.1, 0.15) is 44.9 Å². The first-order valence-corrected chi connectivity index (χ1v) is 8.04. The van der Waals surface area contributed by atoms with Crippen LogP contribution < -0.4 is 0 Å². The molecule has 3 bridgehead atoms. The number of carboxylic acid groups (broad SMARTS) is 1. The van der Waals surface area contributed by atoms with Crippen molar-refractivity contribution >= 4 is 11.9 Å². The number of aliphatic carboxylic acids is 1. The Bertz CT molecular complexity index is 483. The molecule has 5 unspecified atom stereocenters. The fourth-order valence-electron chi connectivity index (χ4n) is 6.06. The zero-order valence-electron chi connectivity index (χ0n) is 12.2. The second kappa shape index (κ2) is 4.45. The molecule has 1 spiro atoms. The summed E-state index contributed by atoms with van der Waals surface area (Å²) < 4.78 is 10.9. The van der Waals surface area contributed by atoms with Gasteiger partial charge in [0.1, 0.15) is 12.2 Å². The highest BCUT2D eigenvalue weighted by Crippen LogP contribution is 2.78. The second-order valence-corrected chi connectivity index (χ2v) is 7.54. The minimum atomic E-state index is -1.01. The molecule has 21 heavy (non-hydrogen) atoms. The Balaban J connectivity index is 1.35. The van der Waals surface area contributed by atoms with Gasteiger partial charge in [0.2, 0.25) is 0 Å². The molecule has 0 aromatic carbocycles. The van der Waals surface area contributed by atoms with Crippen molar-refractivity contribution < 1.29 is 24.2 Å². The molecule has 0 aromatic rings. The highest BCUT2D eigenvalue weighted by molar-refractivity contribution is 5.71. The number of hydrogen-bond acceptors (Lipinski definition) is 4. The summed E-state index contributed by atoms with van der Waals surface area (Å²) in [4.78, 5) is 22.4. The van der Waals surface area contributed by atoms with E-state index in [1.165, 1.54) is 25.7 Å². The SMILES string of the molecule is O=C(O)COCCC(=O)OC12CC3CC4CC(C1)C2(C4)C3. The standard InChI is InChI=1S/C16H22O5/c17-13(18)9-20-2-1-14(19)21-16-7-11-3-10-4-12(8-16)15(16,5-10)6-11/h10-12H,1-9H2,(H,17,18). The van der Waals surface area contributed by atoms with E-state index < -0.39 is 5.97 Å². The van der Waals surface area contributed by atoms with Gasteiger partial charge in [-0.1, -0.05) is 0 Å². The van der Waals surface area contributed by atoms with E-state index in [1.54, 1.807) is 0 Å². The van der Waals surface area contributed by atoms with Crippen LogP contribution in [-0.4, -0.2) is 35.9 Å². The quantitative estimate of drug-likeness (QED) is 0.599. The number of carboxylic acids is 1. The molecule has 4 aliphatic carbocycles. The highest BCUT2D eigenvalue weighted by atomic mass is 16.6. The Morgan fingerprint density at radius 1 is 1.10 bits per heavy atom. The van der Waals surface area contributed by atoms with Gasteiger partial charge >= 0.3 is 11.9 Å². The van der Waals surface area contributed by atoms with Crippen LogP contribution in [0.5, 0.6) is 0 Å². The molecule has 116 valence electrons. The van der Waals surface area contributed by atoms with Crippen molar-refractivity contribution in [2.75, 3.05) is 13.2 Å². The van der Waals surface area contributed by atoms with E-state index in [-0.39, 0.29) is 31.2 Å². The molecule has 4 saturated carbocycles. The largest absolute Gasteiger partial charge is 0.480 e. The lowest BCUT2D eigenvalue weighted by atomic mass is 9.52. The average molecular weight is 294 g/mol. The Kier molecular flexibility index (Phi) is 2.87. The van der Waals surface area contributed by atoms with Crippen molar-refractivity contribution in [1.82, 2.24) is 0 Å². The number of carbonyl (C=O) groups is 2. The molecular weight excluding hydrogens is 272 g/mol. The van der Waals surface area contributed by atoms with Crippen LogP contribution >= 0.6 is 0 Å². The minimum Gasteiger partial charge on any atom is -0.480 e. The van der Waals surface area contributed by atoms with E-state index in [0.717, 1.165) is 30.6 Å². The summed E-state index contributed by atoms with van der Waals surface area (Å²) in [5.41, 5.74) is 0.121. The van der Waals surface area contributed by atoms with Crippen molar-refractivity contribution in [1.29, 1.82) is 0 Å². The van der Waals surface area contributed by atoms with Crippen LogP contribution in [0.3, 0.4) is 0 Å². The summed E-state index contributed by atoms with van der Waals surface area (Å²) in [6.07, 6.45) is 7.47. The fourth-order valence-corrected chi connectivity index (χ4v) is 6.06. The van der Waals surface area contributed by atoms with Crippen molar-refractivity contribution in [2.45, 2.75) is 50.5 Å². The van der Waals surface area contributed by atoms with Gasteiger partial charge in [0, 0.05) is 5.41 Å². The molecule has 5 nitrogen and oxygen atoms in total.